The lowest BCUT2D eigenvalue weighted by Gasteiger charge is -2.16. The molecule has 0 bridgehead atoms. The summed E-state index contributed by atoms with van der Waals surface area (Å²) in [5.41, 5.74) is 0.951. The zero-order valence-corrected chi connectivity index (χ0v) is 14.9. The predicted molar refractivity (Wildman–Crippen MR) is 96.2 cm³/mol. The molecule has 25 heavy (non-hydrogen) atoms. The number of para-hydroxylation sites is 1. The first-order valence-electron chi connectivity index (χ1n) is 8.38. The fraction of sp³-hybridized carbons (Fsp3) is 0.368. The highest BCUT2D eigenvalue weighted by atomic mass is 32.1. The van der Waals surface area contributed by atoms with Gasteiger partial charge in [0.25, 0.3) is 5.91 Å². The Morgan fingerprint density at radius 1 is 1.12 bits per heavy atom. The molecular weight excluding hydrogens is 338 g/mol. The minimum absolute atomic E-state index is 0.212. The van der Waals surface area contributed by atoms with Gasteiger partial charge in [0.05, 0.1) is 18.1 Å². The van der Waals surface area contributed by atoms with Gasteiger partial charge in [-0.05, 0) is 43.9 Å². The Morgan fingerprint density at radius 2 is 1.84 bits per heavy atom. The molecule has 3 rings (SSSR count). The van der Waals surface area contributed by atoms with Crippen LogP contribution in [-0.4, -0.2) is 25.1 Å². The van der Waals surface area contributed by atoms with Crippen molar-refractivity contribution in [1.82, 2.24) is 5.32 Å². The maximum atomic E-state index is 12.3. The molecule has 1 aliphatic rings. The van der Waals surface area contributed by atoms with Gasteiger partial charge in [-0.15, -0.1) is 11.3 Å². The highest BCUT2D eigenvalue weighted by Gasteiger charge is 2.18. The lowest BCUT2D eigenvalue weighted by molar-refractivity contribution is 0.0606. The molecule has 0 spiro atoms. The fourth-order valence-corrected chi connectivity index (χ4v) is 3.72. The van der Waals surface area contributed by atoms with Crippen LogP contribution in [0.2, 0.25) is 0 Å². The third-order valence-corrected chi connectivity index (χ3v) is 5.29. The van der Waals surface area contributed by atoms with Gasteiger partial charge >= 0.3 is 5.97 Å². The molecule has 5 nitrogen and oxygen atoms in total. The molecule has 0 atom stereocenters. The van der Waals surface area contributed by atoms with Gasteiger partial charge in [0.2, 0.25) is 0 Å². The molecule has 1 aromatic carbocycles. The van der Waals surface area contributed by atoms with Crippen LogP contribution in [0.3, 0.4) is 0 Å². The third kappa shape index (κ3) is 4.39. The van der Waals surface area contributed by atoms with Gasteiger partial charge in [0.15, 0.2) is 0 Å². The maximum Gasteiger partial charge on any atom is 0.348 e. The van der Waals surface area contributed by atoms with Crippen molar-refractivity contribution in [3.63, 3.8) is 0 Å². The summed E-state index contributed by atoms with van der Waals surface area (Å²) in [5.74, 6) is 0.186. The highest BCUT2D eigenvalue weighted by molar-refractivity contribution is 7.15. The Hall–Kier alpha value is -2.34. The Balaban J connectivity index is 1.62. The Morgan fingerprint density at radius 3 is 2.60 bits per heavy atom. The van der Waals surface area contributed by atoms with E-state index in [-0.39, 0.29) is 12.0 Å². The first kappa shape index (κ1) is 17.5. The van der Waals surface area contributed by atoms with E-state index in [0.717, 1.165) is 35.5 Å². The van der Waals surface area contributed by atoms with E-state index in [0.29, 0.717) is 16.3 Å². The van der Waals surface area contributed by atoms with E-state index in [2.05, 4.69) is 10.1 Å². The number of amides is 1. The molecule has 0 aliphatic heterocycles. The van der Waals surface area contributed by atoms with Crippen molar-refractivity contribution in [3.8, 4) is 5.75 Å². The van der Waals surface area contributed by atoms with Gasteiger partial charge in [0, 0.05) is 12.1 Å². The van der Waals surface area contributed by atoms with E-state index < -0.39 is 5.97 Å². The smallest absolute Gasteiger partial charge is 0.348 e. The Kier molecular flexibility index (Phi) is 5.71. The predicted octanol–water partition coefficient (Wildman–Crippen LogP) is 3.79. The van der Waals surface area contributed by atoms with Crippen molar-refractivity contribution in [2.75, 3.05) is 7.11 Å². The normalized spacial score (nSPS) is 14.3. The number of hydrogen-bond donors (Lipinski definition) is 1. The maximum absolute atomic E-state index is 12.3. The van der Waals surface area contributed by atoms with Crippen molar-refractivity contribution < 1.29 is 19.1 Å². The van der Waals surface area contributed by atoms with E-state index in [1.807, 2.05) is 24.3 Å². The molecule has 6 heteroatoms. The largest absolute Gasteiger partial charge is 0.490 e. The summed E-state index contributed by atoms with van der Waals surface area (Å²) in [6.45, 7) is 0.382. The average Bonchev–Trinajstić information content (AvgIpc) is 3.32. The van der Waals surface area contributed by atoms with Crippen LogP contribution in [0.25, 0.3) is 0 Å². The summed E-state index contributed by atoms with van der Waals surface area (Å²) in [4.78, 5) is 24.7. The van der Waals surface area contributed by atoms with Gasteiger partial charge in [0.1, 0.15) is 10.6 Å². The number of carbonyl (C=O) groups excluding carboxylic acids is 2. The van der Waals surface area contributed by atoms with Crippen LogP contribution in [0.1, 0.15) is 50.6 Å². The summed E-state index contributed by atoms with van der Waals surface area (Å²) in [7, 11) is 1.32. The summed E-state index contributed by atoms with van der Waals surface area (Å²) >= 11 is 1.12. The van der Waals surface area contributed by atoms with Gasteiger partial charge in [-0.25, -0.2) is 4.79 Å². The molecule has 0 unspecified atom stereocenters. The van der Waals surface area contributed by atoms with Crippen LogP contribution >= 0.6 is 11.3 Å². The van der Waals surface area contributed by atoms with E-state index in [4.69, 9.17) is 4.74 Å². The number of ether oxygens (including phenoxy) is 2. The molecule has 1 heterocycles. The standard InChI is InChI=1S/C19H21NO4S/c1-23-19(22)17-11-10-16(25-17)18(21)20-12-13-6-2-5-9-15(13)24-14-7-3-4-8-14/h2,5-6,9-11,14H,3-4,7-8,12H2,1H3,(H,20,21). The molecule has 0 radical (unpaired) electrons. The minimum Gasteiger partial charge on any atom is -0.490 e. The number of rotatable bonds is 6. The molecule has 1 aromatic heterocycles. The summed E-state index contributed by atoms with van der Waals surface area (Å²) in [6.07, 6.45) is 4.88. The van der Waals surface area contributed by atoms with Gasteiger partial charge in [-0.2, -0.15) is 0 Å². The molecule has 1 N–H and O–H groups in total. The summed E-state index contributed by atoms with van der Waals surface area (Å²) < 4.78 is 10.7. The van der Waals surface area contributed by atoms with E-state index in [1.165, 1.54) is 20.0 Å². The van der Waals surface area contributed by atoms with Gasteiger partial charge in [-0.1, -0.05) is 18.2 Å². The first-order chi connectivity index (χ1) is 12.2. The molecule has 2 aromatic rings. The number of hydrogen-bond acceptors (Lipinski definition) is 5. The van der Waals surface area contributed by atoms with E-state index in [9.17, 15) is 9.59 Å². The van der Waals surface area contributed by atoms with Crippen LogP contribution in [-0.2, 0) is 11.3 Å². The second kappa shape index (κ2) is 8.16. The van der Waals surface area contributed by atoms with Crippen molar-refractivity contribution in [2.24, 2.45) is 0 Å². The second-order valence-electron chi connectivity index (χ2n) is 5.97. The zero-order chi connectivity index (χ0) is 17.6. The number of carbonyl (C=O) groups is 2. The van der Waals surface area contributed by atoms with E-state index >= 15 is 0 Å². The Bertz CT molecular complexity index is 749. The van der Waals surface area contributed by atoms with Crippen molar-refractivity contribution in [1.29, 1.82) is 0 Å². The quantitative estimate of drug-likeness (QED) is 0.797. The average molecular weight is 359 g/mol. The monoisotopic (exact) mass is 359 g/mol. The van der Waals surface area contributed by atoms with Crippen LogP contribution in [0.4, 0.5) is 0 Å². The summed E-state index contributed by atoms with van der Waals surface area (Å²) in [5, 5.41) is 2.89. The number of nitrogens with one attached hydrogen (secondary N) is 1. The van der Waals surface area contributed by atoms with Crippen LogP contribution in [0.15, 0.2) is 36.4 Å². The van der Waals surface area contributed by atoms with Crippen molar-refractivity contribution >= 4 is 23.2 Å². The van der Waals surface area contributed by atoms with E-state index in [1.54, 1.807) is 12.1 Å². The number of methoxy groups -OCH3 is 1. The lowest BCUT2D eigenvalue weighted by Crippen LogP contribution is -2.22. The van der Waals surface area contributed by atoms with Crippen molar-refractivity contribution in [3.05, 3.63) is 51.7 Å². The summed E-state index contributed by atoms with van der Waals surface area (Å²) in [6, 6.07) is 11.0. The molecular formula is C19H21NO4S. The topological polar surface area (TPSA) is 64.6 Å². The van der Waals surface area contributed by atoms with Gasteiger partial charge < -0.3 is 14.8 Å². The number of benzene rings is 1. The number of thiophene rings is 1. The molecule has 1 fully saturated rings. The first-order valence-corrected chi connectivity index (χ1v) is 9.20. The minimum atomic E-state index is -0.431. The number of esters is 1. The van der Waals surface area contributed by atoms with Gasteiger partial charge in [-0.3, -0.25) is 4.79 Å². The highest BCUT2D eigenvalue weighted by Crippen LogP contribution is 2.26. The molecule has 1 aliphatic carbocycles. The molecule has 1 saturated carbocycles. The fourth-order valence-electron chi connectivity index (χ4n) is 2.88. The van der Waals surface area contributed by atoms with Crippen LogP contribution in [0.5, 0.6) is 5.75 Å². The molecule has 0 saturated heterocycles. The molecule has 1 amide bonds. The molecule has 132 valence electrons. The lowest BCUT2D eigenvalue weighted by atomic mass is 10.2. The third-order valence-electron chi connectivity index (χ3n) is 4.22. The second-order valence-corrected chi connectivity index (χ2v) is 7.05. The van der Waals surface area contributed by atoms with Crippen LogP contribution < -0.4 is 10.1 Å². The van der Waals surface area contributed by atoms with Crippen molar-refractivity contribution in [2.45, 2.75) is 38.3 Å². The SMILES string of the molecule is COC(=O)c1ccc(C(=O)NCc2ccccc2OC2CCCC2)s1. The van der Waals surface area contributed by atoms with Crippen LogP contribution in [0, 0.1) is 0 Å². The zero-order valence-electron chi connectivity index (χ0n) is 14.1. The Labute approximate surface area is 151 Å².